The highest BCUT2D eigenvalue weighted by Gasteiger charge is 2.23. The van der Waals surface area contributed by atoms with Crippen molar-refractivity contribution in [3.8, 4) is 0 Å². The van der Waals surface area contributed by atoms with Crippen LogP contribution in [-0.2, 0) is 4.79 Å². The highest BCUT2D eigenvalue weighted by molar-refractivity contribution is 7.13. The van der Waals surface area contributed by atoms with E-state index in [1.807, 2.05) is 12.3 Å². The fourth-order valence-electron chi connectivity index (χ4n) is 2.04. The minimum Gasteiger partial charge on any atom is -0.339 e. The molecule has 0 radical (unpaired) electrons. The van der Waals surface area contributed by atoms with Crippen LogP contribution >= 0.6 is 35.3 Å². The van der Waals surface area contributed by atoms with Gasteiger partial charge in [0.2, 0.25) is 5.91 Å². The Labute approximate surface area is 139 Å². The highest BCUT2D eigenvalue weighted by Crippen LogP contribution is 2.28. The lowest BCUT2D eigenvalue weighted by molar-refractivity contribution is -0.132. The van der Waals surface area contributed by atoms with Gasteiger partial charge in [0.1, 0.15) is 4.88 Å². The number of amides is 2. The number of aryl methyl sites for hydroxylation is 1. The zero-order chi connectivity index (χ0) is 14.7. The van der Waals surface area contributed by atoms with Crippen LogP contribution in [0.3, 0.4) is 0 Å². The van der Waals surface area contributed by atoms with Gasteiger partial charge in [-0.1, -0.05) is 11.6 Å². The molecule has 0 atom stereocenters. The molecule has 2 amide bonds. The third-order valence-corrected chi connectivity index (χ3v) is 4.97. The van der Waals surface area contributed by atoms with Gasteiger partial charge in [0, 0.05) is 33.2 Å². The number of hydrogen-bond donors (Lipinski definition) is 1. The van der Waals surface area contributed by atoms with Crippen molar-refractivity contribution in [1.82, 2.24) is 15.1 Å². The van der Waals surface area contributed by atoms with Gasteiger partial charge >= 0.3 is 0 Å². The van der Waals surface area contributed by atoms with Crippen molar-refractivity contribution in [2.24, 2.45) is 0 Å². The Balaban J connectivity index is 0.00000220. The van der Waals surface area contributed by atoms with Crippen LogP contribution in [0.2, 0.25) is 5.02 Å². The summed E-state index contributed by atoms with van der Waals surface area (Å²) in [6.07, 6.45) is 0. The zero-order valence-electron chi connectivity index (χ0n) is 12.0. The van der Waals surface area contributed by atoms with Crippen LogP contribution in [0.15, 0.2) is 5.38 Å². The van der Waals surface area contributed by atoms with E-state index in [1.165, 1.54) is 16.2 Å². The molecule has 8 heteroatoms. The summed E-state index contributed by atoms with van der Waals surface area (Å²) in [6, 6.07) is 0. The van der Waals surface area contributed by atoms with Gasteiger partial charge < -0.3 is 15.1 Å². The van der Waals surface area contributed by atoms with Crippen LogP contribution in [0, 0.1) is 6.92 Å². The Morgan fingerprint density at radius 1 is 1.43 bits per heavy atom. The molecule has 1 fully saturated rings. The quantitative estimate of drug-likeness (QED) is 0.900. The number of nitrogens with one attached hydrogen (secondary N) is 1. The number of thiophene rings is 1. The molecule has 118 valence electrons. The summed E-state index contributed by atoms with van der Waals surface area (Å²) in [7, 11) is 1.63. The van der Waals surface area contributed by atoms with Gasteiger partial charge in [0.05, 0.1) is 11.6 Å². The number of halogens is 2. The number of hydrogen-bond acceptors (Lipinski definition) is 4. The first-order valence-corrected chi connectivity index (χ1v) is 7.74. The fraction of sp³-hybridized carbons (Fsp3) is 0.538. The monoisotopic (exact) mass is 351 g/mol. The van der Waals surface area contributed by atoms with Gasteiger partial charge in [0.15, 0.2) is 0 Å². The third-order valence-electron chi connectivity index (χ3n) is 3.28. The van der Waals surface area contributed by atoms with Crippen LogP contribution in [0.25, 0.3) is 0 Å². The van der Waals surface area contributed by atoms with E-state index in [0.717, 1.165) is 18.7 Å². The van der Waals surface area contributed by atoms with E-state index in [4.69, 9.17) is 11.6 Å². The molecule has 1 aliphatic heterocycles. The topological polar surface area (TPSA) is 52.7 Å². The molecule has 1 aliphatic rings. The second kappa shape index (κ2) is 7.98. The Hall–Kier alpha value is -0.820. The van der Waals surface area contributed by atoms with Crippen molar-refractivity contribution < 1.29 is 9.59 Å². The number of carbonyl (C=O) groups is 2. The third kappa shape index (κ3) is 4.32. The molecule has 2 rings (SSSR count). The van der Waals surface area contributed by atoms with Crippen LogP contribution in [0.5, 0.6) is 0 Å². The van der Waals surface area contributed by atoms with Crippen molar-refractivity contribution >= 4 is 47.2 Å². The summed E-state index contributed by atoms with van der Waals surface area (Å²) in [5.74, 6) is -0.219. The maximum atomic E-state index is 12.3. The molecule has 1 aromatic heterocycles. The lowest BCUT2D eigenvalue weighted by atomic mass is 10.3. The molecule has 1 aromatic rings. The average molecular weight is 352 g/mol. The van der Waals surface area contributed by atoms with Crippen molar-refractivity contribution in [3.63, 3.8) is 0 Å². The molecular weight excluding hydrogens is 333 g/mol. The Morgan fingerprint density at radius 2 is 2.05 bits per heavy atom. The van der Waals surface area contributed by atoms with Crippen LogP contribution < -0.4 is 5.32 Å². The average Bonchev–Trinajstić information content (AvgIpc) is 2.79. The van der Waals surface area contributed by atoms with Crippen LogP contribution in [-0.4, -0.2) is 61.4 Å². The van der Waals surface area contributed by atoms with Gasteiger partial charge in [-0.05, 0) is 17.9 Å². The largest absolute Gasteiger partial charge is 0.339 e. The second-order valence-electron chi connectivity index (χ2n) is 4.85. The Bertz CT molecular complexity index is 516. The molecule has 0 saturated carbocycles. The number of nitrogens with zero attached hydrogens (tertiary/aromatic N) is 2. The molecule has 0 spiro atoms. The first kappa shape index (κ1) is 18.2. The normalized spacial score (nSPS) is 14.5. The number of carbonyl (C=O) groups excluding carboxylic acids is 2. The molecule has 5 nitrogen and oxygen atoms in total. The molecular formula is C13H19Cl2N3O2S. The summed E-state index contributed by atoms with van der Waals surface area (Å²) < 4.78 is 0. The van der Waals surface area contributed by atoms with Gasteiger partial charge in [-0.3, -0.25) is 9.59 Å². The number of likely N-dealkylation sites (N-methyl/N-ethyl adjacent to an activating group) is 1. The van der Waals surface area contributed by atoms with E-state index >= 15 is 0 Å². The first-order chi connectivity index (χ1) is 9.50. The number of rotatable bonds is 3. The van der Waals surface area contributed by atoms with E-state index in [0.29, 0.717) is 23.0 Å². The van der Waals surface area contributed by atoms with Gasteiger partial charge in [0.25, 0.3) is 5.91 Å². The lowest BCUT2D eigenvalue weighted by Crippen LogP contribution is -2.49. The van der Waals surface area contributed by atoms with Crippen LogP contribution in [0.1, 0.15) is 15.2 Å². The minimum atomic E-state index is -0.198. The van der Waals surface area contributed by atoms with Gasteiger partial charge in [-0.25, -0.2) is 0 Å². The van der Waals surface area contributed by atoms with E-state index in [-0.39, 0.29) is 30.8 Å². The number of piperazine rings is 1. The molecule has 1 saturated heterocycles. The summed E-state index contributed by atoms with van der Waals surface area (Å²) in [6.45, 7) is 4.95. The summed E-state index contributed by atoms with van der Waals surface area (Å²) in [5.41, 5.74) is 0.891. The molecule has 1 N–H and O–H groups in total. The van der Waals surface area contributed by atoms with Gasteiger partial charge in [-0.15, -0.1) is 23.7 Å². The van der Waals surface area contributed by atoms with Gasteiger partial charge in [-0.2, -0.15) is 0 Å². The predicted octanol–water partition coefficient (Wildman–Crippen LogP) is 1.64. The van der Waals surface area contributed by atoms with Crippen molar-refractivity contribution in [2.75, 3.05) is 39.8 Å². The van der Waals surface area contributed by atoms with E-state index < -0.39 is 0 Å². The smallest absolute Gasteiger partial charge is 0.265 e. The van der Waals surface area contributed by atoms with E-state index in [2.05, 4.69) is 5.32 Å². The maximum Gasteiger partial charge on any atom is 0.265 e. The zero-order valence-corrected chi connectivity index (χ0v) is 14.4. The Morgan fingerprint density at radius 3 is 2.57 bits per heavy atom. The molecule has 0 aromatic carbocycles. The van der Waals surface area contributed by atoms with E-state index in [9.17, 15) is 9.59 Å². The minimum absolute atomic E-state index is 0. The second-order valence-corrected chi connectivity index (χ2v) is 6.11. The summed E-state index contributed by atoms with van der Waals surface area (Å²) in [4.78, 5) is 28.1. The summed E-state index contributed by atoms with van der Waals surface area (Å²) in [5, 5.41) is 5.53. The fourth-order valence-corrected chi connectivity index (χ4v) is 3.30. The van der Waals surface area contributed by atoms with Crippen molar-refractivity contribution in [3.05, 3.63) is 20.8 Å². The maximum absolute atomic E-state index is 12.3. The summed E-state index contributed by atoms with van der Waals surface area (Å²) >= 11 is 7.41. The highest BCUT2D eigenvalue weighted by atomic mass is 35.5. The molecule has 21 heavy (non-hydrogen) atoms. The van der Waals surface area contributed by atoms with E-state index in [1.54, 1.807) is 11.9 Å². The lowest BCUT2D eigenvalue weighted by Gasteiger charge is -2.29. The predicted molar refractivity (Wildman–Crippen MR) is 87.7 cm³/mol. The molecule has 0 aliphatic carbocycles. The molecule has 0 unspecified atom stereocenters. The molecule has 0 bridgehead atoms. The SMILES string of the molecule is Cc1csc(C(=O)N(C)CC(=O)N2CCNCC2)c1Cl.Cl. The standard InChI is InChI=1S/C13H18ClN3O2S.ClH/c1-9-8-20-12(11(9)14)13(19)16(2)7-10(18)17-5-3-15-4-6-17;/h8,15H,3-7H2,1-2H3;1H. The van der Waals surface area contributed by atoms with Crippen LogP contribution in [0.4, 0.5) is 0 Å². The molecule has 2 heterocycles. The first-order valence-electron chi connectivity index (χ1n) is 6.48. The Kier molecular flexibility index (Phi) is 6.93. The van der Waals surface area contributed by atoms with Crippen molar-refractivity contribution in [2.45, 2.75) is 6.92 Å². The van der Waals surface area contributed by atoms with Crippen molar-refractivity contribution in [1.29, 1.82) is 0 Å².